The Morgan fingerprint density at radius 3 is 2.79 bits per heavy atom. The molecule has 0 spiro atoms. The monoisotopic (exact) mass is 396 g/mol. The third-order valence-corrected chi connectivity index (χ3v) is 5.14. The van der Waals surface area contributed by atoms with E-state index in [1.165, 1.54) is 0 Å². The molecule has 4 aromatic rings. The molecule has 0 bridgehead atoms. The van der Waals surface area contributed by atoms with E-state index < -0.39 is 5.92 Å². The van der Waals surface area contributed by atoms with Crippen LogP contribution < -0.4 is 5.32 Å². The molecular formula is C19H18F2N8. The normalized spacial score (nSPS) is 16.1. The fourth-order valence-electron chi connectivity index (χ4n) is 3.62. The van der Waals surface area contributed by atoms with Crippen LogP contribution in [-0.4, -0.2) is 40.3 Å². The molecule has 29 heavy (non-hydrogen) atoms. The Balaban J connectivity index is 1.38. The Hall–Kier alpha value is -3.43. The molecule has 0 aliphatic heterocycles. The number of fused-ring (bicyclic) bond motifs is 1. The number of halogens is 2. The second kappa shape index (κ2) is 6.57. The van der Waals surface area contributed by atoms with Gasteiger partial charge in [0, 0.05) is 50.3 Å². The van der Waals surface area contributed by atoms with Gasteiger partial charge >= 0.3 is 0 Å². The summed E-state index contributed by atoms with van der Waals surface area (Å²) in [6.45, 7) is 0. The van der Waals surface area contributed by atoms with E-state index in [1.54, 1.807) is 17.1 Å². The van der Waals surface area contributed by atoms with Crippen molar-refractivity contribution in [2.24, 2.45) is 13.0 Å². The Morgan fingerprint density at radius 2 is 2.03 bits per heavy atom. The fourth-order valence-corrected chi connectivity index (χ4v) is 3.62. The van der Waals surface area contributed by atoms with Crippen molar-refractivity contribution < 1.29 is 8.78 Å². The van der Waals surface area contributed by atoms with Gasteiger partial charge in [0.25, 0.3) is 0 Å². The molecule has 0 aromatic carbocycles. The predicted molar refractivity (Wildman–Crippen MR) is 102 cm³/mol. The number of hydrogen-bond donors (Lipinski definition) is 1. The van der Waals surface area contributed by atoms with Crippen LogP contribution in [0.4, 0.5) is 20.5 Å². The largest absolute Gasteiger partial charge is 0.309 e. The summed E-state index contributed by atoms with van der Waals surface area (Å²) in [7, 11) is 1.83. The van der Waals surface area contributed by atoms with E-state index in [9.17, 15) is 8.78 Å². The first-order valence-electron chi connectivity index (χ1n) is 9.27. The standard InChI is InChI=1S/C19H18F2N8/c1-28-15(3-6-23-28)25-18-22-5-2-14(24-18)13-4-7-29-16(26-27-17(29)9-13)8-12-10-19(20,21)11-12/h2-7,9,12H,8,10-11H2,1H3,(H,22,24,25). The SMILES string of the molecule is Cn1nccc1Nc1nccc(-c2ccn3c(CC4CC(F)(F)C4)nnc3c2)n1. The number of alkyl halides is 2. The molecule has 4 aromatic heterocycles. The van der Waals surface area contributed by atoms with Crippen molar-refractivity contribution in [1.82, 2.24) is 34.3 Å². The van der Waals surface area contributed by atoms with Crippen LogP contribution in [-0.2, 0) is 13.5 Å². The van der Waals surface area contributed by atoms with Crippen LogP contribution in [0.2, 0.25) is 0 Å². The topological polar surface area (TPSA) is 85.8 Å². The third kappa shape index (κ3) is 3.41. The first-order chi connectivity index (χ1) is 14.0. The van der Waals surface area contributed by atoms with Gasteiger partial charge in [0.2, 0.25) is 11.9 Å². The summed E-state index contributed by atoms with van der Waals surface area (Å²) < 4.78 is 29.7. The Morgan fingerprint density at radius 1 is 1.17 bits per heavy atom. The number of pyridine rings is 1. The van der Waals surface area contributed by atoms with Crippen LogP contribution in [0.1, 0.15) is 18.7 Å². The number of rotatable bonds is 5. The molecule has 1 fully saturated rings. The fraction of sp³-hybridized carbons (Fsp3) is 0.316. The molecule has 0 unspecified atom stereocenters. The molecule has 0 radical (unpaired) electrons. The van der Waals surface area contributed by atoms with Gasteiger partial charge in [-0.2, -0.15) is 5.10 Å². The van der Waals surface area contributed by atoms with Crippen molar-refractivity contribution in [1.29, 1.82) is 0 Å². The van der Waals surface area contributed by atoms with Gasteiger partial charge in [0.05, 0.1) is 11.9 Å². The van der Waals surface area contributed by atoms with Crippen molar-refractivity contribution in [3.05, 3.63) is 48.7 Å². The highest BCUT2D eigenvalue weighted by molar-refractivity contribution is 5.65. The lowest BCUT2D eigenvalue weighted by Crippen LogP contribution is -2.36. The van der Waals surface area contributed by atoms with Crippen molar-refractivity contribution in [2.45, 2.75) is 25.2 Å². The van der Waals surface area contributed by atoms with Gasteiger partial charge in [-0.15, -0.1) is 10.2 Å². The van der Waals surface area contributed by atoms with Crippen LogP contribution in [0.25, 0.3) is 16.9 Å². The molecule has 1 aliphatic rings. The van der Waals surface area contributed by atoms with Crippen molar-refractivity contribution >= 4 is 17.4 Å². The summed E-state index contributed by atoms with van der Waals surface area (Å²) in [5.74, 6) is -0.625. The Labute approximate surface area is 164 Å². The molecule has 1 aliphatic carbocycles. The quantitative estimate of drug-likeness (QED) is 0.557. The molecule has 148 valence electrons. The first kappa shape index (κ1) is 17.7. The highest BCUT2D eigenvalue weighted by Gasteiger charge is 2.45. The van der Waals surface area contributed by atoms with Crippen LogP contribution in [0, 0.1) is 5.92 Å². The second-order valence-electron chi connectivity index (χ2n) is 7.32. The Bertz CT molecular complexity index is 1170. The zero-order valence-electron chi connectivity index (χ0n) is 15.6. The average molecular weight is 396 g/mol. The van der Waals surface area contributed by atoms with E-state index in [2.05, 4.69) is 30.6 Å². The van der Waals surface area contributed by atoms with Crippen LogP contribution >= 0.6 is 0 Å². The molecule has 4 heterocycles. The summed E-state index contributed by atoms with van der Waals surface area (Å²) in [5, 5.41) is 15.6. The average Bonchev–Trinajstić information content (AvgIpc) is 3.26. The van der Waals surface area contributed by atoms with Gasteiger partial charge in [-0.3, -0.25) is 9.08 Å². The number of aryl methyl sites for hydroxylation is 1. The van der Waals surface area contributed by atoms with Gasteiger partial charge in [0.1, 0.15) is 11.6 Å². The molecule has 0 amide bonds. The maximum absolute atomic E-state index is 13.1. The minimum atomic E-state index is -2.52. The number of anilines is 2. The van der Waals surface area contributed by atoms with Gasteiger partial charge < -0.3 is 5.32 Å². The number of nitrogens with zero attached hydrogens (tertiary/aromatic N) is 7. The second-order valence-corrected chi connectivity index (χ2v) is 7.32. The van der Waals surface area contributed by atoms with E-state index in [0.717, 1.165) is 17.1 Å². The molecule has 10 heteroatoms. The minimum Gasteiger partial charge on any atom is -0.309 e. The third-order valence-electron chi connectivity index (χ3n) is 5.14. The van der Waals surface area contributed by atoms with Crippen LogP contribution in [0.15, 0.2) is 42.9 Å². The molecule has 0 atom stereocenters. The maximum Gasteiger partial charge on any atom is 0.248 e. The zero-order chi connectivity index (χ0) is 20.0. The highest BCUT2D eigenvalue weighted by Crippen LogP contribution is 2.43. The van der Waals surface area contributed by atoms with Gasteiger partial charge in [-0.25, -0.2) is 18.7 Å². The number of hydrogen-bond acceptors (Lipinski definition) is 6. The summed E-state index contributed by atoms with van der Waals surface area (Å²) >= 11 is 0. The maximum atomic E-state index is 13.1. The smallest absolute Gasteiger partial charge is 0.248 e. The number of nitrogens with one attached hydrogen (secondary N) is 1. The first-order valence-corrected chi connectivity index (χ1v) is 9.27. The van der Waals surface area contributed by atoms with Crippen LogP contribution in [0.5, 0.6) is 0 Å². The van der Waals surface area contributed by atoms with Gasteiger partial charge in [-0.1, -0.05) is 0 Å². The molecule has 1 saturated carbocycles. The zero-order valence-corrected chi connectivity index (χ0v) is 15.6. The van der Waals surface area contributed by atoms with Gasteiger partial charge in [-0.05, 0) is 24.1 Å². The lowest BCUT2D eigenvalue weighted by atomic mass is 9.79. The van der Waals surface area contributed by atoms with E-state index in [0.29, 0.717) is 23.8 Å². The van der Waals surface area contributed by atoms with Gasteiger partial charge in [0.15, 0.2) is 5.65 Å². The molecule has 0 saturated heterocycles. The summed E-state index contributed by atoms with van der Waals surface area (Å²) in [6, 6.07) is 7.43. The number of aromatic nitrogens is 7. The molecular weight excluding hydrogens is 378 g/mol. The van der Waals surface area contributed by atoms with E-state index >= 15 is 0 Å². The minimum absolute atomic E-state index is 0.0421. The molecule has 1 N–H and O–H groups in total. The van der Waals surface area contributed by atoms with Crippen molar-refractivity contribution in [3.8, 4) is 11.3 Å². The van der Waals surface area contributed by atoms with E-state index in [4.69, 9.17) is 0 Å². The van der Waals surface area contributed by atoms with Crippen LogP contribution in [0.3, 0.4) is 0 Å². The summed E-state index contributed by atoms with van der Waals surface area (Å²) in [4.78, 5) is 8.80. The van der Waals surface area contributed by atoms with E-state index in [-0.39, 0.29) is 18.8 Å². The summed E-state index contributed by atoms with van der Waals surface area (Å²) in [6.07, 6.45) is 5.57. The molecule has 5 rings (SSSR count). The lowest BCUT2D eigenvalue weighted by molar-refractivity contribution is -0.110. The Kier molecular flexibility index (Phi) is 4.00. The summed E-state index contributed by atoms with van der Waals surface area (Å²) in [5.41, 5.74) is 2.25. The lowest BCUT2D eigenvalue weighted by Gasteiger charge is -2.34. The van der Waals surface area contributed by atoms with Crippen molar-refractivity contribution in [3.63, 3.8) is 0 Å². The highest BCUT2D eigenvalue weighted by atomic mass is 19.3. The predicted octanol–water partition coefficient (Wildman–Crippen LogP) is 3.25. The van der Waals surface area contributed by atoms with E-state index in [1.807, 2.05) is 41.9 Å². The van der Waals surface area contributed by atoms with Crippen molar-refractivity contribution in [2.75, 3.05) is 5.32 Å². The molecule has 8 nitrogen and oxygen atoms in total.